The van der Waals surface area contributed by atoms with Gasteiger partial charge in [-0.3, -0.25) is 9.59 Å². The molecule has 2 fully saturated rings. The van der Waals surface area contributed by atoms with Gasteiger partial charge in [-0.15, -0.1) is 0 Å². The van der Waals surface area contributed by atoms with Crippen molar-refractivity contribution in [3.05, 3.63) is 30.3 Å². The highest BCUT2D eigenvalue weighted by molar-refractivity contribution is 6.07. The Balaban J connectivity index is 1.62. The molecule has 0 spiro atoms. The molecule has 0 aromatic heterocycles. The molecule has 24 heavy (non-hydrogen) atoms. The fraction of sp³-hybridized carbons (Fsp3) is 0.579. The molecule has 0 bridgehead atoms. The molecule has 3 rings (SSSR count). The lowest BCUT2D eigenvalue weighted by Crippen LogP contribution is -2.53. The Morgan fingerprint density at radius 2 is 1.58 bits per heavy atom. The quantitative estimate of drug-likeness (QED) is 0.776. The van der Waals surface area contributed by atoms with Gasteiger partial charge < -0.3 is 14.7 Å². The molecule has 0 radical (unpaired) electrons. The van der Waals surface area contributed by atoms with Crippen LogP contribution in [0, 0.1) is 5.41 Å². The zero-order valence-electron chi connectivity index (χ0n) is 14.7. The number of rotatable bonds is 5. The molecule has 1 saturated heterocycles. The largest absolute Gasteiger partial charge is 0.368 e. The molecular formula is C19H27N3O2. The van der Waals surface area contributed by atoms with Crippen molar-refractivity contribution in [1.29, 1.82) is 0 Å². The Bertz CT molecular complexity index is 586. The first-order valence-electron chi connectivity index (χ1n) is 9.01. The summed E-state index contributed by atoms with van der Waals surface area (Å²) in [5.41, 5.74) is 0.450. The van der Waals surface area contributed by atoms with E-state index in [-0.39, 0.29) is 11.8 Å². The number of para-hydroxylation sites is 1. The van der Waals surface area contributed by atoms with Crippen LogP contribution in [0.1, 0.15) is 26.7 Å². The first-order valence-corrected chi connectivity index (χ1v) is 9.01. The molecule has 2 aliphatic rings. The summed E-state index contributed by atoms with van der Waals surface area (Å²) in [6, 6.07) is 10.3. The smallest absolute Gasteiger partial charge is 0.238 e. The summed E-state index contributed by atoms with van der Waals surface area (Å²) < 4.78 is 0. The Morgan fingerprint density at radius 3 is 2.08 bits per heavy atom. The molecule has 5 heteroatoms. The van der Waals surface area contributed by atoms with E-state index in [0.717, 1.165) is 13.1 Å². The molecule has 1 aliphatic carbocycles. The fourth-order valence-electron chi connectivity index (χ4n) is 3.57. The maximum absolute atomic E-state index is 13.0. The zero-order chi connectivity index (χ0) is 17.2. The van der Waals surface area contributed by atoms with Crippen molar-refractivity contribution in [3.63, 3.8) is 0 Å². The normalized spacial score (nSPS) is 19.1. The van der Waals surface area contributed by atoms with Gasteiger partial charge in [-0.25, -0.2) is 0 Å². The molecule has 130 valence electrons. The third kappa shape index (κ3) is 2.99. The molecule has 1 aliphatic heterocycles. The molecule has 5 nitrogen and oxygen atoms in total. The summed E-state index contributed by atoms with van der Waals surface area (Å²) >= 11 is 0. The topological polar surface area (TPSA) is 43.9 Å². The number of anilines is 1. The van der Waals surface area contributed by atoms with Crippen molar-refractivity contribution in [2.24, 2.45) is 5.41 Å². The zero-order valence-corrected chi connectivity index (χ0v) is 14.7. The molecule has 1 aromatic rings. The Morgan fingerprint density at radius 1 is 1.00 bits per heavy atom. The molecule has 1 aromatic carbocycles. The third-order valence-electron chi connectivity index (χ3n) is 5.31. The second-order valence-electron chi connectivity index (χ2n) is 6.67. The minimum absolute atomic E-state index is 0.0305. The average Bonchev–Trinajstić information content (AvgIpc) is 3.45. The monoisotopic (exact) mass is 329 g/mol. The number of hydrogen-bond acceptors (Lipinski definition) is 3. The van der Waals surface area contributed by atoms with Gasteiger partial charge in [0.1, 0.15) is 5.41 Å². The minimum atomic E-state index is -0.749. The van der Waals surface area contributed by atoms with Gasteiger partial charge in [0.15, 0.2) is 0 Å². The van der Waals surface area contributed by atoms with Crippen LogP contribution < -0.4 is 4.90 Å². The number of carbonyl (C=O) groups excluding carboxylic acids is 2. The van der Waals surface area contributed by atoms with Crippen LogP contribution in [0.4, 0.5) is 5.69 Å². The van der Waals surface area contributed by atoms with Gasteiger partial charge in [-0.05, 0) is 38.8 Å². The average molecular weight is 329 g/mol. The van der Waals surface area contributed by atoms with E-state index in [4.69, 9.17) is 0 Å². The summed E-state index contributed by atoms with van der Waals surface area (Å²) in [6.07, 6.45) is 1.42. The Kier molecular flexibility index (Phi) is 4.78. The second kappa shape index (κ2) is 6.83. The SMILES string of the molecule is CCN(CC)C(=O)C1(C(=O)N2CCN(c3ccccc3)CC2)CC1. The number of hydrogen-bond donors (Lipinski definition) is 0. The maximum atomic E-state index is 13.0. The van der Waals surface area contributed by atoms with E-state index in [0.29, 0.717) is 39.0 Å². The Hall–Kier alpha value is -2.04. The highest BCUT2D eigenvalue weighted by atomic mass is 16.2. The van der Waals surface area contributed by atoms with E-state index in [1.54, 1.807) is 4.90 Å². The lowest BCUT2D eigenvalue weighted by Gasteiger charge is -2.38. The molecule has 1 saturated carbocycles. The van der Waals surface area contributed by atoms with Crippen molar-refractivity contribution >= 4 is 17.5 Å². The molecule has 0 atom stereocenters. The van der Waals surface area contributed by atoms with Crippen molar-refractivity contribution in [2.45, 2.75) is 26.7 Å². The van der Waals surface area contributed by atoms with Gasteiger partial charge >= 0.3 is 0 Å². The highest BCUT2D eigenvalue weighted by Gasteiger charge is 2.59. The van der Waals surface area contributed by atoms with Crippen LogP contribution in [-0.2, 0) is 9.59 Å². The summed E-state index contributed by atoms with van der Waals surface area (Å²) in [6.45, 7) is 8.33. The van der Waals surface area contributed by atoms with Crippen LogP contribution in [0.5, 0.6) is 0 Å². The summed E-state index contributed by atoms with van der Waals surface area (Å²) in [7, 11) is 0. The van der Waals surface area contributed by atoms with E-state index in [2.05, 4.69) is 17.0 Å². The van der Waals surface area contributed by atoms with Gasteiger partial charge in [0.25, 0.3) is 0 Å². The number of nitrogens with zero attached hydrogens (tertiary/aromatic N) is 3. The number of piperazine rings is 1. The van der Waals surface area contributed by atoms with E-state index >= 15 is 0 Å². The molecule has 0 N–H and O–H groups in total. The van der Waals surface area contributed by atoms with Gasteiger partial charge in [0.05, 0.1) is 0 Å². The van der Waals surface area contributed by atoms with Gasteiger partial charge in [-0.1, -0.05) is 18.2 Å². The second-order valence-corrected chi connectivity index (χ2v) is 6.67. The van der Waals surface area contributed by atoms with Crippen molar-refractivity contribution < 1.29 is 9.59 Å². The van der Waals surface area contributed by atoms with E-state index < -0.39 is 5.41 Å². The first kappa shape index (κ1) is 16.8. The van der Waals surface area contributed by atoms with Crippen molar-refractivity contribution in [2.75, 3.05) is 44.2 Å². The number of benzene rings is 1. The summed E-state index contributed by atoms with van der Waals surface area (Å²) in [5.74, 6) is 0.0788. The van der Waals surface area contributed by atoms with Crippen molar-refractivity contribution in [3.8, 4) is 0 Å². The number of carbonyl (C=O) groups is 2. The third-order valence-corrected chi connectivity index (χ3v) is 5.31. The van der Waals surface area contributed by atoms with E-state index in [1.165, 1.54) is 5.69 Å². The fourth-order valence-corrected chi connectivity index (χ4v) is 3.57. The molecule has 0 unspecified atom stereocenters. The number of amides is 2. The Labute approximate surface area is 144 Å². The van der Waals surface area contributed by atoms with Crippen LogP contribution in [0.25, 0.3) is 0 Å². The lowest BCUT2D eigenvalue weighted by molar-refractivity contribution is -0.149. The van der Waals surface area contributed by atoms with Crippen LogP contribution in [0.2, 0.25) is 0 Å². The lowest BCUT2D eigenvalue weighted by atomic mass is 10.0. The maximum Gasteiger partial charge on any atom is 0.238 e. The molecular weight excluding hydrogens is 302 g/mol. The molecule has 1 heterocycles. The predicted molar refractivity (Wildman–Crippen MR) is 94.8 cm³/mol. The predicted octanol–water partition coefficient (Wildman–Crippen LogP) is 1.98. The summed E-state index contributed by atoms with van der Waals surface area (Å²) in [4.78, 5) is 31.7. The van der Waals surface area contributed by atoms with E-state index in [1.807, 2.05) is 36.9 Å². The highest BCUT2D eigenvalue weighted by Crippen LogP contribution is 2.49. The van der Waals surface area contributed by atoms with Crippen LogP contribution in [-0.4, -0.2) is 60.9 Å². The van der Waals surface area contributed by atoms with Crippen LogP contribution in [0.3, 0.4) is 0 Å². The van der Waals surface area contributed by atoms with Gasteiger partial charge in [0, 0.05) is 45.0 Å². The standard InChI is InChI=1S/C19H27N3O2/c1-3-20(4-2)17(23)19(10-11-19)18(24)22-14-12-21(13-15-22)16-8-6-5-7-9-16/h5-9H,3-4,10-15H2,1-2H3. The van der Waals surface area contributed by atoms with Gasteiger partial charge in [-0.2, -0.15) is 0 Å². The molecule has 2 amide bonds. The van der Waals surface area contributed by atoms with Gasteiger partial charge in [0.2, 0.25) is 11.8 Å². The van der Waals surface area contributed by atoms with Crippen LogP contribution >= 0.6 is 0 Å². The first-order chi connectivity index (χ1) is 11.6. The minimum Gasteiger partial charge on any atom is -0.368 e. The summed E-state index contributed by atoms with van der Waals surface area (Å²) in [5, 5.41) is 0. The van der Waals surface area contributed by atoms with Crippen LogP contribution in [0.15, 0.2) is 30.3 Å². The van der Waals surface area contributed by atoms with Crippen molar-refractivity contribution in [1.82, 2.24) is 9.80 Å². The van der Waals surface area contributed by atoms with E-state index in [9.17, 15) is 9.59 Å².